The summed E-state index contributed by atoms with van der Waals surface area (Å²) in [5, 5.41) is 8.49. The van der Waals surface area contributed by atoms with Crippen molar-refractivity contribution in [2.24, 2.45) is 0 Å². The number of rotatable bonds is 6. The van der Waals surface area contributed by atoms with Crippen molar-refractivity contribution in [2.75, 3.05) is 6.61 Å². The van der Waals surface area contributed by atoms with Crippen LogP contribution in [0.2, 0.25) is 0 Å². The molecule has 0 radical (unpaired) electrons. The second-order valence-corrected chi connectivity index (χ2v) is 4.37. The lowest BCUT2D eigenvalue weighted by molar-refractivity contribution is -0.137. The maximum Gasteiger partial charge on any atom is 0.303 e. The Balaban J connectivity index is 2.50. The summed E-state index contributed by atoms with van der Waals surface area (Å²) in [5.74, 6) is 0.0613. The smallest absolute Gasteiger partial charge is 0.303 e. The van der Waals surface area contributed by atoms with E-state index in [0.29, 0.717) is 13.0 Å². The second kappa shape index (κ2) is 6.53. The number of aryl methyl sites for hydroxylation is 1. The van der Waals surface area contributed by atoms with Crippen molar-refractivity contribution in [3.63, 3.8) is 0 Å². The molecule has 1 aromatic rings. The van der Waals surface area contributed by atoms with Crippen LogP contribution in [0.15, 0.2) is 22.7 Å². The van der Waals surface area contributed by atoms with Gasteiger partial charge >= 0.3 is 5.97 Å². The Morgan fingerprint density at radius 2 is 2.25 bits per heavy atom. The molecule has 0 fully saturated rings. The van der Waals surface area contributed by atoms with E-state index in [1.165, 1.54) is 0 Å². The number of halogens is 1. The molecule has 0 amide bonds. The Morgan fingerprint density at radius 3 is 2.88 bits per heavy atom. The van der Waals surface area contributed by atoms with Crippen molar-refractivity contribution in [2.45, 2.75) is 26.2 Å². The quantitative estimate of drug-likeness (QED) is 0.817. The molecular formula is C12H15BrO3. The summed E-state index contributed by atoms with van der Waals surface area (Å²) in [7, 11) is 0. The van der Waals surface area contributed by atoms with E-state index >= 15 is 0 Å². The molecule has 0 aliphatic rings. The van der Waals surface area contributed by atoms with Gasteiger partial charge in [-0.05, 0) is 36.6 Å². The largest absolute Gasteiger partial charge is 0.493 e. The molecule has 0 aromatic heterocycles. The molecule has 0 heterocycles. The topological polar surface area (TPSA) is 46.5 Å². The van der Waals surface area contributed by atoms with E-state index in [4.69, 9.17) is 9.84 Å². The third-order valence-corrected chi connectivity index (χ3v) is 2.69. The summed E-state index contributed by atoms with van der Waals surface area (Å²) < 4.78 is 6.58. The first-order chi connectivity index (χ1) is 7.63. The second-order valence-electron chi connectivity index (χ2n) is 3.45. The number of carboxylic acid groups (broad SMARTS) is 1. The maximum absolute atomic E-state index is 10.3. The average molecular weight is 287 g/mol. The molecule has 88 valence electrons. The molecule has 0 saturated heterocycles. The number of benzene rings is 1. The number of hydrogen-bond donors (Lipinski definition) is 1. The van der Waals surface area contributed by atoms with Gasteiger partial charge in [-0.2, -0.15) is 0 Å². The van der Waals surface area contributed by atoms with E-state index in [1.807, 2.05) is 18.2 Å². The first-order valence-electron chi connectivity index (χ1n) is 5.26. The number of carboxylic acids is 1. The third kappa shape index (κ3) is 4.23. The molecule has 4 heteroatoms. The Kier molecular flexibility index (Phi) is 5.32. The lowest BCUT2D eigenvalue weighted by Crippen LogP contribution is -2.03. The summed E-state index contributed by atoms with van der Waals surface area (Å²) in [6, 6.07) is 5.85. The van der Waals surface area contributed by atoms with Gasteiger partial charge in [0.05, 0.1) is 6.61 Å². The molecule has 0 atom stereocenters. The van der Waals surface area contributed by atoms with Crippen molar-refractivity contribution in [3.05, 3.63) is 28.2 Å². The van der Waals surface area contributed by atoms with Crippen molar-refractivity contribution >= 4 is 21.9 Å². The van der Waals surface area contributed by atoms with Gasteiger partial charge in [-0.3, -0.25) is 4.79 Å². The normalized spacial score (nSPS) is 10.1. The van der Waals surface area contributed by atoms with Crippen molar-refractivity contribution in [1.82, 2.24) is 0 Å². The first-order valence-corrected chi connectivity index (χ1v) is 6.05. The number of aliphatic carboxylic acids is 1. The molecule has 0 spiro atoms. The third-order valence-electron chi connectivity index (χ3n) is 2.20. The average Bonchev–Trinajstić information content (AvgIpc) is 2.25. The molecule has 1 aromatic carbocycles. The minimum atomic E-state index is -0.782. The highest BCUT2D eigenvalue weighted by atomic mass is 79.9. The lowest BCUT2D eigenvalue weighted by Gasteiger charge is -2.10. The first kappa shape index (κ1) is 13.0. The predicted octanol–water partition coefficient (Wildman–Crippen LogP) is 3.26. The predicted molar refractivity (Wildman–Crippen MR) is 65.9 cm³/mol. The van der Waals surface area contributed by atoms with Gasteiger partial charge in [0.1, 0.15) is 5.75 Å². The highest BCUT2D eigenvalue weighted by Gasteiger charge is 2.03. The zero-order valence-electron chi connectivity index (χ0n) is 9.20. The zero-order valence-corrected chi connectivity index (χ0v) is 10.8. The van der Waals surface area contributed by atoms with Crippen LogP contribution in [-0.2, 0) is 11.2 Å². The Bertz CT molecular complexity index is 363. The summed E-state index contributed by atoms with van der Waals surface area (Å²) >= 11 is 3.40. The molecule has 0 bridgehead atoms. The van der Waals surface area contributed by atoms with E-state index in [0.717, 1.165) is 22.2 Å². The summed E-state index contributed by atoms with van der Waals surface area (Å²) in [4.78, 5) is 10.3. The van der Waals surface area contributed by atoms with Crippen LogP contribution in [-0.4, -0.2) is 17.7 Å². The molecule has 16 heavy (non-hydrogen) atoms. The monoisotopic (exact) mass is 286 g/mol. The Hall–Kier alpha value is -1.03. The molecule has 0 unspecified atom stereocenters. The van der Waals surface area contributed by atoms with Crippen LogP contribution in [0, 0.1) is 0 Å². The van der Waals surface area contributed by atoms with Gasteiger partial charge < -0.3 is 9.84 Å². The van der Waals surface area contributed by atoms with E-state index < -0.39 is 5.97 Å². The van der Waals surface area contributed by atoms with Gasteiger partial charge in [0.2, 0.25) is 0 Å². The maximum atomic E-state index is 10.3. The van der Waals surface area contributed by atoms with Crippen LogP contribution in [0.4, 0.5) is 0 Å². The fourth-order valence-electron chi connectivity index (χ4n) is 1.37. The Labute approximate surface area is 104 Å². The van der Waals surface area contributed by atoms with Crippen LogP contribution in [0.25, 0.3) is 0 Å². The molecule has 3 nitrogen and oxygen atoms in total. The number of ether oxygens (including phenoxy) is 1. The minimum Gasteiger partial charge on any atom is -0.493 e. The van der Waals surface area contributed by atoms with Gasteiger partial charge in [-0.1, -0.05) is 22.9 Å². The van der Waals surface area contributed by atoms with Gasteiger partial charge in [0.25, 0.3) is 0 Å². The van der Waals surface area contributed by atoms with Crippen molar-refractivity contribution in [1.29, 1.82) is 0 Å². The van der Waals surface area contributed by atoms with Crippen molar-refractivity contribution in [3.8, 4) is 5.75 Å². The fraction of sp³-hybridized carbons (Fsp3) is 0.417. The molecule has 1 N–H and O–H groups in total. The molecule has 0 aliphatic heterocycles. The van der Waals surface area contributed by atoms with Crippen LogP contribution < -0.4 is 4.74 Å². The van der Waals surface area contributed by atoms with Crippen LogP contribution in [0.1, 0.15) is 25.3 Å². The van der Waals surface area contributed by atoms with Gasteiger partial charge in [-0.15, -0.1) is 0 Å². The molecule has 0 aliphatic carbocycles. The lowest BCUT2D eigenvalue weighted by atomic mass is 10.1. The summed E-state index contributed by atoms with van der Waals surface area (Å²) in [5.41, 5.74) is 1.13. The van der Waals surface area contributed by atoms with E-state index in [2.05, 4.69) is 22.9 Å². The number of hydrogen-bond acceptors (Lipinski definition) is 2. The minimum absolute atomic E-state index is 0.151. The van der Waals surface area contributed by atoms with Gasteiger partial charge in [-0.25, -0.2) is 0 Å². The highest BCUT2D eigenvalue weighted by molar-refractivity contribution is 9.10. The van der Waals surface area contributed by atoms with E-state index in [-0.39, 0.29) is 6.42 Å². The zero-order chi connectivity index (χ0) is 12.0. The van der Waals surface area contributed by atoms with Gasteiger partial charge in [0.15, 0.2) is 0 Å². The van der Waals surface area contributed by atoms with Crippen LogP contribution >= 0.6 is 15.9 Å². The molecule has 1 rings (SSSR count). The van der Waals surface area contributed by atoms with E-state index in [1.54, 1.807) is 0 Å². The van der Waals surface area contributed by atoms with Gasteiger partial charge in [0, 0.05) is 10.9 Å². The summed E-state index contributed by atoms with van der Waals surface area (Å²) in [6.07, 6.45) is 1.58. The summed E-state index contributed by atoms with van der Waals surface area (Å²) in [6.45, 7) is 2.51. The molecule has 0 saturated carbocycles. The van der Waals surface area contributed by atoms with Crippen LogP contribution in [0.5, 0.6) is 5.75 Å². The Morgan fingerprint density at radius 1 is 1.50 bits per heavy atom. The van der Waals surface area contributed by atoms with E-state index in [9.17, 15) is 4.79 Å². The highest BCUT2D eigenvalue weighted by Crippen LogP contribution is 2.23. The number of carbonyl (C=O) groups is 1. The van der Waals surface area contributed by atoms with Crippen LogP contribution in [0.3, 0.4) is 0 Å². The molecular weight excluding hydrogens is 272 g/mol. The standard InChI is InChI=1S/C12H15BrO3/c1-2-9-8-10(13)5-6-11(9)16-7-3-4-12(14)15/h5-6,8H,2-4,7H2,1H3,(H,14,15). The SMILES string of the molecule is CCc1cc(Br)ccc1OCCCC(=O)O. The fourth-order valence-corrected chi connectivity index (χ4v) is 1.78. The van der Waals surface area contributed by atoms with Crippen molar-refractivity contribution < 1.29 is 14.6 Å².